The second-order valence-corrected chi connectivity index (χ2v) is 9.29. The number of ether oxygens (including phenoxy) is 1. The monoisotopic (exact) mass is 340 g/mol. The van der Waals surface area contributed by atoms with E-state index in [0.29, 0.717) is 10.8 Å². The van der Waals surface area contributed by atoms with Crippen molar-refractivity contribution in [1.29, 1.82) is 0 Å². The molecule has 5 unspecified atom stereocenters. The van der Waals surface area contributed by atoms with Gasteiger partial charge < -0.3 is 4.74 Å². The van der Waals surface area contributed by atoms with Gasteiger partial charge in [0.15, 0.2) is 0 Å². The smallest absolute Gasteiger partial charge is 0.302 e. The molecule has 0 heterocycles. The third-order valence-corrected chi connectivity index (χ3v) is 8.25. The fraction of sp³-hybridized carbons (Fsp3) is 0.696. The summed E-state index contributed by atoms with van der Waals surface area (Å²) >= 11 is 0. The average Bonchev–Trinajstić information content (AvgIpc) is 2.91. The minimum Gasteiger partial charge on any atom is -0.462 e. The van der Waals surface area contributed by atoms with Gasteiger partial charge in [-0.2, -0.15) is 0 Å². The highest BCUT2D eigenvalue weighted by atomic mass is 16.5. The fourth-order valence-corrected chi connectivity index (χ4v) is 6.88. The van der Waals surface area contributed by atoms with E-state index in [-0.39, 0.29) is 12.1 Å². The summed E-state index contributed by atoms with van der Waals surface area (Å²) in [4.78, 5) is 11.3. The topological polar surface area (TPSA) is 26.3 Å². The van der Waals surface area contributed by atoms with Crippen LogP contribution in [0.4, 0.5) is 0 Å². The van der Waals surface area contributed by atoms with Crippen LogP contribution in [0, 0.1) is 28.6 Å². The first kappa shape index (κ1) is 17.1. The molecule has 0 amide bonds. The number of rotatable bonds is 2. The van der Waals surface area contributed by atoms with E-state index < -0.39 is 0 Å². The van der Waals surface area contributed by atoms with Gasteiger partial charge in [0.05, 0.1) is 0 Å². The van der Waals surface area contributed by atoms with Crippen LogP contribution in [0.15, 0.2) is 36.0 Å². The van der Waals surface area contributed by atoms with E-state index in [1.807, 2.05) is 0 Å². The molecule has 6 atom stereocenters. The predicted molar refractivity (Wildman–Crippen MR) is 101 cm³/mol. The highest BCUT2D eigenvalue weighted by Crippen LogP contribution is 2.65. The van der Waals surface area contributed by atoms with E-state index >= 15 is 0 Å². The number of allylic oxidation sites excluding steroid dienone is 4. The number of carbonyl (C=O) groups is 1. The number of hydrogen-bond donors (Lipinski definition) is 0. The Morgan fingerprint density at radius 3 is 2.64 bits per heavy atom. The normalized spacial score (nSPS) is 45.4. The molecule has 2 saturated carbocycles. The maximum absolute atomic E-state index is 11.3. The molecule has 0 saturated heterocycles. The van der Waals surface area contributed by atoms with Gasteiger partial charge in [-0.25, -0.2) is 0 Å². The van der Waals surface area contributed by atoms with Crippen molar-refractivity contribution in [2.24, 2.45) is 28.6 Å². The molecule has 2 nitrogen and oxygen atoms in total. The molecule has 4 aliphatic rings. The maximum Gasteiger partial charge on any atom is 0.302 e. The lowest BCUT2D eigenvalue weighted by atomic mass is 9.47. The van der Waals surface area contributed by atoms with Gasteiger partial charge in [-0.3, -0.25) is 4.79 Å². The molecule has 0 aromatic heterocycles. The summed E-state index contributed by atoms with van der Waals surface area (Å²) in [5, 5.41) is 0. The molecule has 0 spiro atoms. The van der Waals surface area contributed by atoms with Crippen LogP contribution < -0.4 is 0 Å². The Hall–Kier alpha value is -1.31. The number of hydrogen-bond acceptors (Lipinski definition) is 2. The average molecular weight is 341 g/mol. The summed E-state index contributed by atoms with van der Waals surface area (Å²) in [5.41, 5.74) is 3.73. The van der Waals surface area contributed by atoms with Gasteiger partial charge in [0.25, 0.3) is 0 Å². The van der Waals surface area contributed by atoms with Gasteiger partial charge in [-0.15, -0.1) is 0 Å². The summed E-state index contributed by atoms with van der Waals surface area (Å²) in [7, 11) is 0. The number of fused-ring (bicyclic) bond motifs is 5. The summed E-state index contributed by atoms with van der Waals surface area (Å²) in [6, 6.07) is 0. The molecular formula is C23H32O2. The molecule has 4 aliphatic carbocycles. The van der Waals surface area contributed by atoms with Crippen molar-refractivity contribution < 1.29 is 9.53 Å². The molecular weight excluding hydrogens is 308 g/mol. The molecule has 25 heavy (non-hydrogen) atoms. The fourth-order valence-electron chi connectivity index (χ4n) is 6.88. The summed E-state index contributed by atoms with van der Waals surface area (Å²) in [6.45, 7) is 10.6. The largest absolute Gasteiger partial charge is 0.462 e. The number of esters is 1. The van der Waals surface area contributed by atoms with Crippen molar-refractivity contribution in [2.45, 2.75) is 71.8 Å². The third-order valence-electron chi connectivity index (χ3n) is 8.25. The zero-order valence-corrected chi connectivity index (χ0v) is 16.0. The van der Waals surface area contributed by atoms with Crippen LogP contribution in [0.25, 0.3) is 0 Å². The highest BCUT2D eigenvalue weighted by Gasteiger charge is 2.56. The van der Waals surface area contributed by atoms with E-state index in [9.17, 15) is 4.79 Å². The maximum atomic E-state index is 11.3. The zero-order chi connectivity index (χ0) is 17.8. The Kier molecular flexibility index (Phi) is 4.01. The second-order valence-electron chi connectivity index (χ2n) is 9.29. The molecule has 2 fully saturated rings. The molecule has 0 bridgehead atoms. The Balaban J connectivity index is 1.59. The zero-order valence-electron chi connectivity index (χ0n) is 16.0. The lowest BCUT2D eigenvalue weighted by Crippen LogP contribution is -2.50. The van der Waals surface area contributed by atoms with Crippen LogP contribution in [-0.4, -0.2) is 12.1 Å². The molecule has 0 aromatic carbocycles. The SMILES string of the molecule is C=CC1=CCC2C3CC=C4CC(OC(C)=O)CC[C@]4(C)C3CCC12C. The molecule has 0 aromatic rings. The first-order chi connectivity index (χ1) is 11.9. The molecule has 2 heteroatoms. The Morgan fingerprint density at radius 2 is 1.92 bits per heavy atom. The van der Waals surface area contributed by atoms with Gasteiger partial charge in [-0.05, 0) is 72.7 Å². The van der Waals surface area contributed by atoms with Crippen molar-refractivity contribution in [2.75, 3.05) is 0 Å². The van der Waals surface area contributed by atoms with Crippen LogP contribution in [0.3, 0.4) is 0 Å². The van der Waals surface area contributed by atoms with E-state index in [0.717, 1.165) is 30.6 Å². The van der Waals surface area contributed by atoms with Crippen molar-refractivity contribution >= 4 is 5.97 Å². The van der Waals surface area contributed by atoms with Crippen LogP contribution in [0.2, 0.25) is 0 Å². The lowest BCUT2D eigenvalue weighted by molar-refractivity contribution is -0.148. The first-order valence-electron chi connectivity index (χ1n) is 10.1. The van der Waals surface area contributed by atoms with Gasteiger partial charge in [-0.1, -0.05) is 44.2 Å². The van der Waals surface area contributed by atoms with Crippen molar-refractivity contribution in [3.63, 3.8) is 0 Å². The minimum absolute atomic E-state index is 0.0998. The van der Waals surface area contributed by atoms with Crippen LogP contribution in [0.1, 0.15) is 65.7 Å². The molecule has 0 aliphatic heterocycles. The highest BCUT2D eigenvalue weighted by molar-refractivity contribution is 5.66. The van der Waals surface area contributed by atoms with E-state index in [4.69, 9.17) is 4.74 Å². The summed E-state index contributed by atoms with van der Waals surface area (Å²) in [5.74, 6) is 2.23. The van der Waals surface area contributed by atoms with Crippen molar-refractivity contribution in [3.8, 4) is 0 Å². The molecule has 4 rings (SSSR count). The van der Waals surface area contributed by atoms with E-state index in [1.54, 1.807) is 5.57 Å². The lowest BCUT2D eigenvalue weighted by Gasteiger charge is -2.57. The standard InChI is InChI=1S/C23H32O2/c1-5-16-7-9-20-19-8-6-17-14-18(25-15(2)24)10-12-23(17,4)21(19)11-13-22(16,20)3/h5-7,18-21H,1,8-14H2,2-4H3/t18?,19?,20?,21?,22?,23-/m0/s1. The third kappa shape index (κ3) is 2.47. The molecule has 136 valence electrons. The predicted octanol–water partition coefficient (Wildman–Crippen LogP) is 5.60. The molecule has 0 N–H and O–H groups in total. The summed E-state index contributed by atoms with van der Waals surface area (Å²) in [6.07, 6.45) is 15.4. The van der Waals surface area contributed by atoms with Crippen molar-refractivity contribution in [3.05, 3.63) is 36.0 Å². The van der Waals surface area contributed by atoms with Gasteiger partial charge in [0, 0.05) is 13.3 Å². The Labute approximate surface area is 152 Å². The Morgan fingerprint density at radius 1 is 1.16 bits per heavy atom. The van der Waals surface area contributed by atoms with E-state index in [1.165, 1.54) is 44.6 Å². The van der Waals surface area contributed by atoms with Gasteiger partial charge in [0.2, 0.25) is 0 Å². The van der Waals surface area contributed by atoms with E-state index in [2.05, 4.69) is 38.7 Å². The second kappa shape index (κ2) is 5.86. The number of carbonyl (C=O) groups excluding carboxylic acids is 1. The van der Waals surface area contributed by atoms with Gasteiger partial charge in [0.1, 0.15) is 6.10 Å². The van der Waals surface area contributed by atoms with Crippen LogP contribution in [-0.2, 0) is 9.53 Å². The molecule has 0 radical (unpaired) electrons. The van der Waals surface area contributed by atoms with Crippen molar-refractivity contribution in [1.82, 2.24) is 0 Å². The summed E-state index contributed by atoms with van der Waals surface area (Å²) < 4.78 is 5.54. The Bertz CT molecular complexity index is 657. The van der Waals surface area contributed by atoms with Crippen LogP contribution in [0.5, 0.6) is 0 Å². The quantitative estimate of drug-likeness (QED) is 0.483. The van der Waals surface area contributed by atoms with Crippen LogP contribution >= 0.6 is 0 Å². The first-order valence-corrected chi connectivity index (χ1v) is 10.1. The minimum atomic E-state index is -0.134. The van der Waals surface area contributed by atoms with Gasteiger partial charge >= 0.3 is 5.97 Å².